The summed E-state index contributed by atoms with van der Waals surface area (Å²) in [5.74, 6) is -0.214. The Bertz CT molecular complexity index is 729. The second kappa shape index (κ2) is 5.42. The smallest absolute Gasteiger partial charge is 0.123 e. The van der Waals surface area contributed by atoms with Crippen molar-refractivity contribution >= 4 is 22.7 Å². The molecule has 102 valence electrons. The Hall–Kier alpha value is -1.59. The molecule has 0 aliphatic rings. The molecule has 0 aliphatic heterocycles. The van der Waals surface area contributed by atoms with Crippen LogP contribution in [0, 0.1) is 19.7 Å². The second-order valence-corrected chi connectivity index (χ2v) is 6.71. The van der Waals surface area contributed by atoms with E-state index in [-0.39, 0.29) is 5.82 Å². The summed E-state index contributed by atoms with van der Waals surface area (Å²) in [7, 11) is 0. The molecular formula is C15H13FN2S2. The minimum Gasteiger partial charge on any atom is -0.246 e. The van der Waals surface area contributed by atoms with Gasteiger partial charge in [0.05, 0.1) is 26.3 Å². The van der Waals surface area contributed by atoms with Crippen molar-refractivity contribution < 1.29 is 4.39 Å². The molecule has 2 nitrogen and oxygen atoms in total. The van der Waals surface area contributed by atoms with E-state index in [4.69, 9.17) is 0 Å². The Morgan fingerprint density at radius 2 is 1.85 bits per heavy atom. The fraction of sp³-hybridized carbons (Fsp3) is 0.200. The maximum Gasteiger partial charge on any atom is 0.123 e. The zero-order valence-corrected chi connectivity index (χ0v) is 12.8. The molecular weight excluding hydrogens is 291 g/mol. The van der Waals surface area contributed by atoms with Crippen molar-refractivity contribution in [2.75, 3.05) is 0 Å². The first-order valence-electron chi connectivity index (χ1n) is 6.25. The molecule has 3 rings (SSSR count). The van der Waals surface area contributed by atoms with Crippen LogP contribution in [0.4, 0.5) is 4.39 Å². The van der Waals surface area contributed by atoms with Gasteiger partial charge in [0.1, 0.15) is 5.82 Å². The topological polar surface area (TPSA) is 25.8 Å². The van der Waals surface area contributed by atoms with E-state index in [0.29, 0.717) is 0 Å². The van der Waals surface area contributed by atoms with Crippen molar-refractivity contribution in [3.05, 3.63) is 56.9 Å². The molecule has 0 radical (unpaired) electrons. The highest BCUT2D eigenvalue weighted by atomic mass is 32.1. The zero-order valence-electron chi connectivity index (χ0n) is 11.2. The van der Waals surface area contributed by atoms with E-state index < -0.39 is 0 Å². The Kier molecular flexibility index (Phi) is 3.63. The monoisotopic (exact) mass is 304 g/mol. The van der Waals surface area contributed by atoms with Crippen LogP contribution >= 0.6 is 22.7 Å². The van der Waals surface area contributed by atoms with Crippen molar-refractivity contribution in [2.45, 2.75) is 20.3 Å². The van der Waals surface area contributed by atoms with Gasteiger partial charge in [-0.2, -0.15) is 0 Å². The molecule has 0 amide bonds. The van der Waals surface area contributed by atoms with Gasteiger partial charge >= 0.3 is 0 Å². The number of halogens is 1. The number of nitrogens with zero attached hydrogens (tertiary/aromatic N) is 2. The maximum atomic E-state index is 13.0. The summed E-state index contributed by atoms with van der Waals surface area (Å²) in [5, 5.41) is 4.20. The van der Waals surface area contributed by atoms with Crippen molar-refractivity contribution in [3.8, 4) is 10.4 Å². The molecule has 2 heterocycles. The third kappa shape index (κ3) is 2.78. The van der Waals surface area contributed by atoms with Gasteiger partial charge < -0.3 is 0 Å². The highest BCUT2D eigenvalue weighted by molar-refractivity contribution is 7.15. The molecule has 1 aromatic carbocycles. The van der Waals surface area contributed by atoms with Crippen LogP contribution in [0.2, 0.25) is 0 Å². The first-order chi connectivity index (χ1) is 9.61. The van der Waals surface area contributed by atoms with Crippen molar-refractivity contribution in [1.29, 1.82) is 0 Å². The second-order valence-electron chi connectivity index (χ2n) is 4.56. The minimum atomic E-state index is -0.214. The predicted octanol–water partition coefficient (Wildman–Crippen LogP) is 4.61. The Balaban J connectivity index is 1.89. The number of aromatic nitrogens is 2. The highest BCUT2D eigenvalue weighted by Crippen LogP contribution is 2.31. The highest BCUT2D eigenvalue weighted by Gasteiger charge is 2.11. The number of aryl methyl sites for hydroxylation is 2. The van der Waals surface area contributed by atoms with Crippen molar-refractivity contribution in [1.82, 2.24) is 9.97 Å². The average Bonchev–Trinajstić information content (AvgIpc) is 2.97. The van der Waals surface area contributed by atoms with Crippen LogP contribution in [-0.2, 0) is 6.42 Å². The maximum absolute atomic E-state index is 13.0. The lowest BCUT2D eigenvalue weighted by molar-refractivity contribution is 0.628. The van der Waals surface area contributed by atoms with Gasteiger partial charge in [-0.1, -0.05) is 12.1 Å². The summed E-state index contributed by atoms with van der Waals surface area (Å²) in [4.78, 5) is 10.2. The van der Waals surface area contributed by atoms with E-state index in [1.54, 1.807) is 34.8 Å². The summed E-state index contributed by atoms with van der Waals surface area (Å²) in [5.41, 5.74) is 3.07. The standard InChI is InChI=1S/C15H13FN2S2/c1-9-15(11-3-5-12(16)6-4-11)20-14(17-9)7-13-8-19-10(2)18-13/h3-6,8H,7H2,1-2H3. The normalized spacial score (nSPS) is 10.9. The van der Waals surface area contributed by atoms with E-state index >= 15 is 0 Å². The van der Waals surface area contributed by atoms with E-state index in [2.05, 4.69) is 15.3 Å². The largest absolute Gasteiger partial charge is 0.246 e. The summed E-state index contributed by atoms with van der Waals surface area (Å²) >= 11 is 3.31. The van der Waals surface area contributed by atoms with Gasteiger partial charge in [-0.3, -0.25) is 0 Å². The molecule has 0 bridgehead atoms. The molecule has 0 spiro atoms. The van der Waals surface area contributed by atoms with Gasteiger partial charge in [0.15, 0.2) is 0 Å². The molecule has 0 saturated carbocycles. The fourth-order valence-corrected chi connectivity index (χ4v) is 3.74. The van der Waals surface area contributed by atoms with E-state index in [0.717, 1.165) is 38.3 Å². The van der Waals surface area contributed by atoms with Crippen LogP contribution in [0.1, 0.15) is 21.4 Å². The molecule has 20 heavy (non-hydrogen) atoms. The lowest BCUT2D eigenvalue weighted by atomic mass is 10.1. The van der Waals surface area contributed by atoms with Crippen LogP contribution in [0.3, 0.4) is 0 Å². The Labute approximate surface area is 125 Å². The molecule has 2 aromatic heterocycles. The Morgan fingerprint density at radius 3 is 2.50 bits per heavy atom. The lowest BCUT2D eigenvalue weighted by Crippen LogP contribution is -1.87. The fourth-order valence-electron chi connectivity index (χ4n) is 2.04. The molecule has 0 saturated heterocycles. The van der Waals surface area contributed by atoms with Crippen molar-refractivity contribution in [2.24, 2.45) is 0 Å². The quantitative estimate of drug-likeness (QED) is 0.706. The van der Waals surface area contributed by atoms with Crippen LogP contribution in [0.25, 0.3) is 10.4 Å². The average molecular weight is 304 g/mol. The van der Waals surface area contributed by atoms with E-state index in [1.807, 2.05) is 13.8 Å². The number of benzene rings is 1. The first-order valence-corrected chi connectivity index (χ1v) is 7.94. The molecule has 3 aromatic rings. The third-order valence-electron chi connectivity index (χ3n) is 2.95. The summed E-state index contributed by atoms with van der Waals surface area (Å²) in [6, 6.07) is 6.56. The number of rotatable bonds is 3. The van der Waals surface area contributed by atoms with Gasteiger partial charge in [-0.05, 0) is 31.5 Å². The molecule has 0 N–H and O–H groups in total. The SMILES string of the molecule is Cc1nc(Cc2nc(C)c(-c3ccc(F)cc3)s2)cs1. The van der Waals surface area contributed by atoms with Gasteiger partial charge in [0.25, 0.3) is 0 Å². The minimum absolute atomic E-state index is 0.214. The van der Waals surface area contributed by atoms with Gasteiger partial charge in [-0.25, -0.2) is 14.4 Å². The first kappa shape index (κ1) is 13.4. The summed E-state index contributed by atoms with van der Waals surface area (Å²) in [6.45, 7) is 4.00. The molecule has 0 fully saturated rings. The predicted molar refractivity (Wildman–Crippen MR) is 81.9 cm³/mol. The number of thiazole rings is 2. The van der Waals surface area contributed by atoms with Gasteiger partial charge in [-0.15, -0.1) is 22.7 Å². The van der Waals surface area contributed by atoms with Crippen LogP contribution in [0.5, 0.6) is 0 Å². The molecule has 0 atom stereocenters. The van der Waals surface area contributed by atoms with Gasteiger partial charge in [0, 0.05) is 11.8 Å². The van der Waals surface area contributed by atoms with Crippen molar-refractivity contribution in [3.63, 3.8) is 0 Å². The Morgan fingerprint density at radius 1 is 1.10 bits per heavy atom. The van der Waals surface area contributed by atoms with Crippen LogP contribution in [-0.4, -0.2) is 9.97 Å². The summed E-state index contributed by atoms with van der Waals surface area (Å²) in [6.07, 6.45) is 0.761. The van der Waals surface area contributed by atoms with Crippen LogP contribution < -0.4 is 0 Å². The van der Waals surface area contributed by atoms with Gasteiger partial charge in [0.2, 0.25) is 0 Å². The summed E-state index contributed by atoms with van der Waals surface area (Å²) < 4.78 is 13.0. The lowest BCUT2D eigenvalue weighted by Gasteiger charge is -1.97. The molecule has 5 heteroatoms. The number of hydrogen-bond acceptors (Lipinski definition) is 4. The van der Waals surface area contributed by atoms with E-state index in [9.17, 15) is 4.39 Å². The molecule has 0 aliphatic carbocycles. The third-order valence-corrected chi connectivity index (χ3v) is 4.98. The van der Waals surface area contributed by atoms with E-state index in [1.165, 1.54) is 12.1 Å². The number of hydrogen-bond donors (Lipinski definition) is 0. The molecule has 0 unspecified atom stereocenters. The van der Waals surface area contributed by atoms with Crippen LogP contribution in [0.15, 0.2) is 29.6 Å². The zero-order chi connectivity index (χ0) is 14.1.